The lowest BCUT2D eigenvalue weighted by molar-refractivity contribution is 0.128. The molecule has 2 aromatic rings. The van der Waals surface area contributed by atoms with Crippen molar-refractivity contribution in [1.82, 2.24) is 20.5 Å². The first-order valence-electron chi connectivity index (χ1n) is 10.3. The molecular formula is C23H33N5O. The summed E-state index contributed by atoms with van der Waals surface area (Å²) in [7, 11) is 1.91. The quantitative estimate of drug-likeness (QED) is 0.786. The Kier molecular flexibility index (Phi) is 5.94. The first kappa shape index (κ1) is 21.2. The number of hydrogen-bond donors (Lipinski definition) is 2. The number of piperidine rings is 1. The lowest BCUT2D eigenvalue weighted by Crippen LogP contribution is -2.58. The van der Waals surface area contributed by atoms with Crippen LogP contribution in [0.15, 0.2) is 36.7 Å². The Balaban J connectivity index is 1.74. The standard InChI is InChI=1S/C23H33N5O/c1-7-10-28(6)18-12-20(29)21(24-15-18)19-9-8-17(25-26-19)11-16-13-22(2,3)27-23(4,5)14-16/h7-10,12,15-16,27,29H,11,13-14H2,1-6H3/b10-7-. The molecule has 2 N–H and O–H groups in total. The topological polar surface area (TPSA) is 74.2 Å². The molecule has 0 spiro atoms. The number of rotatable bonds is 5. The van der Waals surface area contributed by atoms with Gasteiger partial charge in [0.2, 0.25) is 0 Å². The van der Waals surface area contributed by atoms with Crippen LogP contribution in [-0.2, 0) is 6.42 Å². The largest absolute Gasteiger partial charge is 0.506 e. The van der Waals surface area contributed by atoms with E-state index in [1.54, 1.807) is 12.3 Å². The van der Waals surface area contributed by atoms with Crippen LogP contribution in [0.25, 0.3) is 11.4 Å². The fourth-order valence-corrected chi connectivity index (χ4v) is 4.71. The molecular weight excluding hydrogens is 362 g/mol. The molecule has 0 aromatic carbocycles. The van der Waals surface area contributed by atoms with E-state index >= 15 is 0 Å². The van der Waals surface area contributed by atoms with Gasteiger partial charge < -0.3 is 15.3 Å². The van der Waals surface area contributed by atoms with Gasteiger partial charge in [-0.3, -0.25) is 0 Å². The molecule has 0 bridgehead atoms. The van der Waals surface area contributed by atoms with E-state index in [9.17, 15) is 5.11 Å². The van der Waals surface area contributed by atoms with Gasteiger partial charge in [0.25, 0.3) is 0 Å². The average Bonchev–Trinajstić information content (AvgIpc) is 2.60. The summed E-state index contributed by atoms with van der Waals surface area (Å²) in [5.74, 6) is 0.664. The van der Waals surface area contributed by atoms with E-state index in [4.69, 9.17) is 0 Å². The minimum absolute atomic E-state index is 0.0998. The van der Waals surface area contributed by atoms with Crippen molar-refractivity contribution in [3.63, 3.8) is 0 Å². The number of allylic oxidation sites excluding steroid dienone is 1. The van der Waals surface area contributed by atoms with Crippen LogP contribution in [0.3, 0.4) is 0 Å². The van der Waals surface area contributed by atoms with Crippen molar-refractivity contribution >= 4 is 5.69 Å². The van der Waals surface area contributed by atoms with Crippen LogP contribution in [0.4, 0.5) is 5.69 Å². The highest BCUT2D eigenvalue weighted by Gasteiger charge is 2.37. The predicted octanol–water partition coefficient (Wildman–Crippen LogP) is 4.31. The number of aromatic hydroxyl groups is 1. The maximum absolute atomic E-state index is 10.4. The first-order valence-corrected chi connectivity index (χ1v) is 10.3. The maximum atomic E-state index is 10.4. The molecule has 0 unspecified atom stereocenters. The zero-order valence-electron chi connectivity index (χ0n) is 18.4. The Morgan fingerprint density at radius 1 is 1.17 bits per heavy atom. The van der Waals surface area contributed by atoms with Gasteiger partial charge in [0.15, 0.2) is 0 Å². The lowest BCUT2D eigenvalue weighted by Gasteiger charge is -2.46. The summed E-state index contributed by atoms with van der Waals surface area (Å²) in [5, 5.41) is 22.9. The Bertz CT molecular complexity index is 857. The third-order valence-corrected chi connectivity index (χ3v) is 5.37. The fourth-order valence-electron chi connectivity index (χ4n) is 4.71. The van der Waals surface area contributed by atoms with Crippen LogP contribution in [0.1, 0.15) is 53.2 Å². The summed E-state index contributed by atoms with van der Waals surface area (Å²) in [6.07, 6.45) is 8.71. The van der Waals surface area contributed by atoms with Gasteiger partial charge in [-0.15, -0.1) is 5.10 Å². The van der Waals surface area contributed by atoms with E-state index in [2.05, 4.69) is 48.2 Å². The monoisotopic (exact) mass is 395 g/mol. The van der Waals surface area contributed by atoms with Crippen molar-refractivity contribution in [2.45, 2.75) is 65.0 Å². The zero-order valence-corrected chi connectivity index (χ0v) is 18.4. The maximum Gasteiger partial charge on any atom is 0.145 e. The molecule has 1 saturated heterocycles. The summed E-state index contributed by atoms with van der Waals surface area (Å²) < 4.78 is 0. The summed E-state index contributed by atoms with van der Waals surface area (Å²) in [6.45, 7) is 11.0. The summed E-state index contributed by atoms with van der Waals surface area (Å²) >= 11 is 0. The number of pyridine rings is 1. The third kappa shape index (κ3) is 5.32. The molecule has 0 aliphatic carbocycles. The molecule has 3 heterocycles. The molecule has 3 rings (SSSR count). The smallest absolute Gasteiger partial charge is 0.145 e. The van der Waals surface area contributed by atoms with Gasteiger partial charge in [0, 0.05) is 24.2 Å². The SMILES string of the molecule is C/C=C\N(C)c1cnc(-c2ccc(CC3CC(C)(C)NC(C)(C)C3)nn2)c(O)c1. The summed E-state index contributed by atoms with van der Waals surface area (Å²) in [4.78, 5) is 6.30. The molecule has 2 aromatic heterocycles. The minimum Gasteiger partial charge on any atom is -0.506 e. The third-order valence-electron chi connectivity index (χ3n) is 5.37. The molecule has 0 amide bonds. The van der Waals surface area contributed by atoms with Gasteiger partial charge in [-0.2, -0.15) is 5.10 Å². The summed E-state index contributed by atoms with van der Waals surface area (Å²) in [6, 6.07) is 5.60. The van der Waals surface area contributed by atoms with E-state index in [0.717, 1.165) is 30.6 Å². The fraction of sp³-hybridized carbons (Fsp3) is 0.522. The van der Waals surface area contributed by atoms with Gasteiger partial charge >= 0.3 is 0 Å². The number of hydrogen-bond acceptors (Lipinski definition) is 6. The van der Waals surface area contributed by atoms with Crippen LogP contribution < -0.4 is 10.2 Å². The van der Waals surface area contributed by atoms with Crippen molar-refractivity contribution in [2.75, 3.05) is 11.9 Å². The van der Waals surface area contributed by atoms with E-state index in [0.29, 0.717) is 17.3 Å². The zero-order chi connectivity index (χ0) is 21.2. The molecule has 1 fully saturated rings. The number of anilines is 1. The molecule has 6 heteroatoms. The van der Waals surface area contributed by atoms with Crippen molar-refractivity contribution in [3.8, 4) is 17.1 Å². The van der Waals surface area contributed by atoms with Gasteiger partial charge in [-0.1, -0.05) is 6.08 Å². The first-order chi connectivity index (χ1) is 13.6. The normalized spacial score (nSPS) is 18.8. The Hall–Kier alpha value is -2.47. The average molecular weight is 396 g/mol. The van der Waals surface area contributed by atoms with Crippen LogP contribution in [-0.4, -0.2) is 38.4 Å². The van der Waals surface area contributed by atoms with E-state index < -0.39 is 0 Å². The van der Waals surface area contributed by atoms with E-state index in [1.165, 1.54) is 0 Å². The van der Waals surface area contributed by atoms with E-state index in [1.807, 2.05) is 43.3 Å². The molecule has 1 aliphatic heterocycles. The van der Waals surface area contributed by atoms with Gasteiger partial charge in [0.05, 0.1) is 17.6 Å². The lowest BCUT2D eigenvalue weighted by atomic mass is 9.74. The molecule has 0 atom stereocenters. The number of nitrogens with zero attached hydrogens (tertiary/aromatic N) is 4. The van der Waals surface area contributed by atoms with Gasteiger partial charge in [-0.25, -0.2) is 4.98 Å². The Labute approximate surface area is 174 Å². The van der Waals surface area contributed by atoms with Crippen molar-refractivity contribution in [1.29, 1.82) is 0 Å². The highest BCUT2D eigenvalue weighted by molar-refractivity contribution is 5.65. The van der Waals surface area contributed by atoms with Gasteiger partial charge in [0.1, 0.15) is 17.1 Å². The Morgan fingerprint density at radius 2 is 1.86 bits per heavy atom. The molecule has 6 nitrogen and oxygen atoms in total. The molecule has 156 valence electrons. The highest BCUT2D eigenvalue weighted by atomic mass is 16.3. The van der Waals surface area contributed by atoms with Crippen LogP contribution in [0, 0.1) is 5.92 Å². The van der Waals surface area contributed by atoms with Crippen molar-refractivity contribution in [2.24, 2.45) is 5.92 Å². The second-order valence-electron chi connectivity index (χ2n) is 9.44. The second kappa shape index (κ2) is 8.11. The predicted molar refractivity (Wildman–Crippen MR) is 118 cm³/mol. The molecule has 0 saturated carbocycles. The van der Waals surface area contributed by atoms with Crippen LogP contribution in [0.2, 0.25) is 0 Å². The minimum atomic E-state index is 0.0998. The second-order valence-corrected chi connectivity index (χ2v) is 9.44. The Morgan fingerprint density at radius 3 is 2.41 bits per heavy atom. The molecule has 0 radical (unpaired) electrons. The van der Waals surface area contributed by atoms with Crippen molar-refractivity contribution in [3.05, 3.63) is 42.4 Å². The molecule has 1 aliphatic rings. The molecule has 29 heavy (non-hydrogen) atoms. The summed E-state index contributed by atoms with van der Waals surface area (Å²) in [5.41, 5.74) is 3.07. The van der Waals surface area contributed by atoms with Crippen molar-refractivity contribution < 1.29 is 5.11 Å². The van der Waals surface area contributed by atoms with Gasteiger partial charge in [-0.05, 0) is 78.1 Å². The number of aromatic nitrogens is 3. The number of nitrogens with one attached hydrogen (secondary N) is 1. The highest BCUT2D eigenvalue weighted by Crippen LogP contribution is 2.35. The van der Waals surface area contributed by atoms with Crippen LogP contribution >= 0.6 is 0 Å². The van der Waals surface area contributed by atoms with E-state index in [-0.39, 0.29) is 16.8 Å². The van der Waals surface area contributed by atoms with Crippen LogP contribution in [0.5, 0.6) is 5.75 Å².